The molecule has 0 atom stereocenters. The van der Waals surface area contributed by atoms with E-state index in [0.717, 1.165) is 43.8 Å². The standard InChI is InChI=1S/C20H22O4/c1-11-12(2)18-4-14(8-22)16(10-24)6-20(18)19-5-15(9-23)13(7-21)3-17(11)19/h3-6,21-24H,7-10H2,1-2H3. The molecule has 0 aliphatic rings. The number of aliphatic hydroxyl groups is 4. The molecule has 0 aromatic heterocycles. The van der Waals surface area contributed by atoms with E-state index in [1.165, 1.54) is 0 Å². The smallest absolute Gasteiger partial charge is 0.0685 e. The molecule has 4 nitrogen and oxygen atoms in total. The Hall–Kier alpha value is -1.98. The molecule has 3 aromatic carbocycles. The lowest BCUT2D eigenvalue weighted by atomic mass is 9.88. The van der Waals surface area contributed by atoms with E-state index in [9.17, 15) is 20.4 Å². The highest BCUT2D eigenvalue weighted by Crippen LogP contribution is 2.35. The third-order valence-corrected chi connectivity index (χ3v) is 5.02. The summed E-state index contributed by atoms with van der Waals surface area (Å²) in [7, 11) is 0. The second-order valence-electron chi connectivity index (χ2n) is 6.22. The Morgan fingerprint density at radius 1 is 0.500 bits per heavy atom. The lowest BCUT2D eigenvalue weighted by molar-refractivity contribution is 0.260. The van der Waals surface area contributed by atoms with Gasteiger partial charge in [-0.1, -0.05) is 0 Å². The first-order valence-electron chi connectivity index (χ1n) is 7.99. The third kappa shape index (κ3) is 2.48. The second kappa shape index (κ2) is 6.49. The number of benzene rings is 3. The first-order chi connectivity index (χ1) is 11.5. The van der Waals surface area contributed by atoms with Crippen molar-refractivity contribution in [3.05, 3.63) is 57.6 Å². The molecule has 4 N–H and O–H groups in total. The summed E-state index contributed by atoms with van der Waals surface area (Å²) in [5.41, 5.74) is 5.06. The van der Waals surface area contributed by atoms with Gasteiger partial charge in [0.2, 0.25) is 0 Å². The fourth-order valence-corrected chi connectivity index (χ4v) is 3.44. The Kier molecular flexibility index (Phi) is 4.56. The summed E-state index contributed by atoms with van der Waals surface area (Å²) < 4.78 is 0. The summed E-state index contributed by atoms with van der Waals surface area (Å²) in [5, 5.41) is 42.3. The molecule has 0 aliphatic heterocycles. The van der Waals surface area contributed by atoms with Gasteiger partial charge in [-0.15, -0.1) is 0 Å². The van der Waals surface area contributed by atoms with Crippen LogP contribution in [-0.2, 0) is 26.4 Å². The van der Waals surface area contributed by atoms with Crippen LogP contribution in [0.3, 0.4) is 0 Å². The average Bonchev–Trinajstić information content (AvgIpc) is 2.63. The van der Waals surface area contributed by atoms with E-state index >= 15 is 0 Å². The van der Waals surface area contributed by atoms with Gasteiger partial charge in [0.15, 0.2) is 0 Å². The second-order valence-corrected chi connectivity index (χ2v) is 6.22. The highest BCUT2D eigenvalue weighted by molar-refractivity contribution is 6.11. The molecule has 0 saturated heterocycles. The molecule has 0 amide bonds. The molecule has 0 fully saturated rings. The molecular formula is C20H22O4. The summed E-state index contributed by atoms with van der Waals surface area (Å²) >= 11 is 0. The van der Waals surface area contributed by atoms with E-state index in [-0.39, 0.29) is 26.4 Å². The van der Waals surface area contributed by atoms with Gasteiger partial charge in [0.1, 0.15) is 0 Å². The van der Waals surface area contributed by atoms with E-state index < -0.39 is 0 Å². The van der Waals surface area contributed by atoms with Crippen LogP contribution in [0.2, 0.25) is 0 Å². The number of aliphatic hydroxyl groups excluding tert-OH is 4. The van der Waals surface area contributed by atoms with Crippen molar-refractivity contribution in [2.75, 3.05) is 0 Å². The number of hydrogen-bond donors (Lipinski definition) is 4. The van der Waals surface area contributed by atoms with E-state index in [0.29, 0.717) is 11.1 Å². The monoisotopic (exact) mass is 326 g/mol. The molecule has 0 bridgehead atoms. The van der Waals surface area contributed by atoms with Gasteiger partial charge >= 0.3 is 0 Å². The van der Waals surface area contributed by atoms with Crippen LogP contribution in [0, 0.1) is 13.8 Å². The van der Waals surface area contributed by atoms with Crippen molar-refractivity contribution in [2.45, 2.75) is 40.3 Å². The average molecular weight is 326 g/mol. The molecule has 0 aliphatic carbocycles. The van der Waals surface area contributed by atoms with Gasteiger partial charge < -0.3 is 20.4 Å². The molecule has 0 heterocycles. The minimum atomic E-state index is -0.137. The fourth-order valence-electron chi connectivity index (χ4n) is 3.44. The molecular weight excluding hydrogens is 304 g/mol. The maximum Gasteiger partial charge on any atom is 0.0685 e. The first kappa shape index (κ1) is 16.9. The van der Waals surface area contributed by atoms with Crippen LogP contribution >= 0.6 is 0 Å². The van der Waals surface area contributed by atoms with Crippen molar-refractivity contribution < 1.29 is 20.4 Å². The number of aryl methyl sites for hydroxylation is 2. The van der Waals surface area contributed by atoms with Crippen LogP contribution in [0.1, 0.15) is 33.4 Å². The normalized spacial score (nSPS) is 11.6. The number of hydrogen-bond acceptors (Lipinski definition) is 4. The SMILES string of the molecule is Cc1c(C)c2cc(CO)c(CO)cc2c2cc(CO)c(CO)cc12. The minimum absolute atomic E-state index is 0.117. The summed E-state index contributed by atoms with van der Waals surface area (Å²) in [6, 6.07) is 7.69. The number of rotatable bonds is 4. The Bertz CT molecular complexity index is 852. The van der Waals surface area contributed by atoms with E-state index in [4.69, 9.17) is 0 Å². The van der Waals surface area contributed by atoms with Crippen LogP contribution in [0.15, 0.2) is 24.3 Å². The fraction of sp³-hybridized carbons (Fsp3) is 0.300. The van der Waals surface area contributed by atoms with E-state index in [2.05, 4.69) is 0 Å². The number of fused-ring (bicyclic) bond motifs is 3. The lowest BCUT2D eigenvalue weighted by Crippen LogP contribution is -1.99. The molecule has 126 valence electrons. The van der Waals surface area contributed by atoms with E-state index in [1.807, 2.05) is 38.1 Å². The van der Waals surface area contributed by atoms with Crippen LogP contribution in [-0.4, -0.2) is 20.4 Å². The van der Waals surface area contributed by atoms with Crippen molar-refractivity contribution in [3.8, 4) is 0 Å². The van der Waals surface area contributed by atoms with Crippen molar-refractivity contribution in [1.29, 1.82) is 0 Å². The zero-order valence-corrected chi connectivity index (χ0v) is 13.9. The van der Waals surface area contributed by atoms with Gasteiger partial charge in [0.25, 0.3) is 0 Å². The largest absolute Gasteiger partial charge is 0.392 e. The van der Waals surface area contributed by atoms with Crippen molar-refractivity contribution in [1.82, 2.24) is 0 Å². The topological polar surface area (TPSA) is 80.9 Å². The van der Waals surface area contributed by atoms with Crippen molar-refractivity contribution in [3.63, 3.8) is 0 Å². The molecule has 0 spiro atoms. The Labute approximate surface area is 140 Å². The molecule has 3 aromatic rings. The van der Waals surface area contributed by atoms with E-state index in [1.54, 1.807) is 0 Å². The molecule has 24 heavy (non-hydrogen) atoms. The van der Waals surface area contributed by atoms with Crippen molar-refractivity contribution >= 4 is 21.5 Å². The maximum absolute atomic E-state index is 9.60. The molecule has 4 heteroatoms. The first-order valence-corrected chi connectivity index (χ1v) is 7.99. The van der Waals surface area contributed by atoms with Crippen LogP contribution in [0.25, 0.3) is 21.5 Å². The molecule has 3 rings (SSSR count). The van der Waals surface area contributed by atoms with Gasteiger partial charge in [-0.3, -0.25) is 0 Å². The quantitative estimate of drug-likeness (QED) is 0.556. The Morgan fingerprint density at radius 2 is 0.750 bits per heavy atom. The summed E-state index contributed by atoms with van der Waals surface area (Å²) in [4.78, 5) is 0. The summed E-state index contributed by atoms with van der Waals surface area (Å²) in [6.45, 7) is 3.57. The highest BCUT2D eigenvalue weighted by atomic mass is 16.3. The van der Waals surface area contributed by atoms with Crippen LogP contribution in [0.4, 0.5) is 0 Å². The molecule has 0 saturated carbocycles. The van der Waals surface area contributed by atoms with Crippen LogP contribution < -0.4 is 0 Å². The highest BCUT2D eigenvalue weighted by Gasteiger charge is 2.14. The predicted octanol–water partition coefficient (Wildman–Crippen LogP) is 2.58. The van der Waals surface area contributed by atoms with Gasteiger partial charge in [-0.25, -0.2) is 0 Å². The minimum Gasteiger partial charge on any atom is -0.392 e. The van der Waals surface area contributed by atoms with Crippen molar-refractivity contribution in [2.24, 2.45) is 0 Å². The Balaban J connectivity index is 2.52. The molecule has 0 radical (unpaired) electrons. The zero-order chi connectivity index (χ0) is 17.4. The zero-order valence-electron chi connectivity index (χ0n) is 13.9. The van der Waals surface area contributed by atoms with Gasteiger partial charge in [0, 0.05) is 0 Å². The lowest BCUT2D eigenvalue weighted by Gasteiger charge is -2.17. The summed E-state index contributed by atoms with van der Waals surface area (Å²) in [5.74, 6) is 0. The van der Waals surface area contributed by atoms with Gasteiger partial charge in [-0.2, -0.15) is 0 Å². The van der Waals surface area contributed by atoms with Gasteiger partial charge in [-0.05, 0) is 93.0 Å². The summed E-state index contributed by atoms with van der Waals surface area (Å²) in [6.07, 6.45) is 0. The Morgan fingerprint density at radius 3 is 1.00 bits per heavy atom. The predicted molar refractivity (Wildman–Crippen MR) is 94.6 cm³/mol. The van der Waals surface area contributed by atoms with Gasteiger partial charge in [0.05, 0.1) is 26.4 Å². The maximum atomic E-state index is 9.60. The third-order valence-electron chi connectivity index (χ3n) is 5.02. The molecule has 0 unspecified atom stereocenters. The van der Waals surface area contributed by atoms with Crippen LogP contribution in [0.5, 0.6) is 0 Å².